The number of hydrogen-bond acceptors (Lipinski definition) is 3. The zero-order chi connectivity index (χ0) is 7.45. The van der Waals surface area contributed by atoms with E-state index in [4.69, 9.17) is 10.00 Å². The molecule has 10 heavy (non-hydrogen) atoms. The molecule has 0 aromatic carbocycles. The predicted octanol–water partition coefficient (Wildman–Crippen LogP) is 1.28. The highest BCUT2D eigenvalue weighted by Crippen LogP contribution is 2.33. The molecule has 0 radical (unpaired) electrons. The quantitative estimate of drug-likeness (QED) is 0.618. The van der Waals surface area contributed by atoms with E-state index < -0.39 is 0 Å². The minimum atomic E-state index is 0.203. The van der Waals surface area contributed by atoms with Gasteiger partial charge in [0, 0.05) is 17.6 Å². The Bertz CT molecular complexity index is 148. The molecule has 0 saturated carbocycles. The topological polar surface area (TPSA) is 33.0 Å². The third kappa shape index (κ3) is 1.44. The van der Waals surface area contributed by atoms with Gasteiger partial charge in [0.05, 0.1) is 19.3 Å². The van der Waals surface area contributed by atoms with Crippen molar-refractivity contribution in [3.05, 3.63) is 0 Å². The van der Waals surface area contributed by atoms with Crippen molar-refractivity contribution < 1.29 is 4.74 Å². The van der Waals surface area contributed by atoms with Crippen LogP contribution in [0.1, 0.15) is 6.42 Å². The van der Waals surface area contributed by atoms with Gasteiger partial charge in [-0.05, 0) is 6.26 Å². The summed E-state index contributed by atoms with van der Waals surface area (Å²) in [5.41, 5.74) is 0.203. The highest BCUT2D eigenvalue weighted by Gasteiger charge is 2.37. The molecule has 1 rings (SSSR count). The van der Waals surface area contributed by atoms with E-state index in [0.717, 1.165) is 19.0 Å². The van der Waals surface area contributed by atoms with E-state index in [9.17, 15) is 0 Å². The fourth-order valence-corrected chi connectivity index (χ4v) is 1.98. The van der Waals surface area contributed by atoms with Crippen molar-refractivity contribution in [1.29, 1.82) is 5.26 Å². The molecule has 1 aliphatic heterocycles. The van der Waals surface area contributed by atoms with Crippen LogP contribution in [0, 0.1) is 16.7 Å². The Hall–Kier alpha value is -0.200. The first kappa shape index (κ1) is 7.90. The number of thioether (sulfide) groups is 1. The Labute approximate surface area is 65.6 Å². The molecule has 0 atom stereocenters. The second-order valence-electron chi connectivity index (χ2n) is 2.76. The monoisotopic (exact) mass is 157 g/mol. The van der Waals surface area contributed by atoms with Gasteiger partial charge in [0.1, 0.15) is 0 Å². The maximum atomic E-state index is 8.48. The minimum Gasteiger partial charge on any atom is -0.380 e. The summed E-state index contributed by atoms with van der Waals surface area (Å²) in [6.45, 7) is 1.56. The third-order valence-electron chi connectivity index (χ3n) is 1.72. The van der Waals surface area contributed by atoms with Crippen LogP contribution in [0.5, 0.6) is 0 Å². The highest BCUT2D eigenvalue weighted by atomic mass is 32.2. The summed E-state index contributed by atoms with van der Waals surface area (Å²) >= 11 is 1.79. The summed E-state index contributed by atoms with van der Waals surface area (Å²) in [6.07, 6.45) is 2.71. The van der Waals surface area contributed by atoms with E-state index in [2.05, 4.69) is 12.3 Å². The second kappa shape index (κ2) is 3.27. The average molecular weight is 157 g/mol. The van der Waals surface area contributed by atoms with Gasteiger partial charge < -0.3 is 4.74 Å². The van der Waals surface area contributed by atoms with E-state index in [1.165, 1.54) is 0 Å². The van der Waals surface area contributed by atoms with E-state index in [0.29, 0.717) is 6.42 Å². The summed E-state index contributed by atoms with van der Waals surface area (Å²) in [5.74, 6) is 1.06. The van der Waals surface area contributed by atoms with Crippen LogP contribution in [-0.4, -0.2) is 25.2 Å². The van der Waals surface area contributed by atoms with E-state index in [1.807, 2.05) is 0 Å². The zero-order valence-electron chi connectivity index (χ0n) is 6.09. The van der Waals surface area contributed by atoms with Gasteiger partial charge in [0.15, 0.2) is 0 Å². The van der Waals surface area contributed by atoms with Gasteiger partial charge in [-0.25, -0.2) is 0 Å². The Morgan fingerprint density at radius 2 is 2.40 bits per heavy atom. The van der Waals surface area contributed by atoms with Crippen LogP contribution in [0.15, 0.2) is 0 Å². The van der Waals surface area contributed by atoms with Crippen LogP contribution in [0.4, 0.5) is 0 Å². The highest BCUT2D eigenvalue weighted by molar-refractivity contribution is 7.98. The molecule has 1 fully saturated rings. The molecule has 0 aliphatic carbocycles. The van der Waals surface area contributed by atoms with Gasteiger partial charge in [-0.1, -0.05) is 0 Å². The number of ether oxygens (including phenoxy) is 1. The molecule has 0 aromatic rings. The molecular formula is C7H11NOS. The fraction of sp³-hybridized carbons (Fsp3) is 0.857. The summed E-state index contributed by atoms with van der Waals surface area (Å²) in [6, 6.07) is 2.20. The molecule has 0 bridgehead atoms. The van der Waals surface area contributed by atoms with Crippen molar-refractivity contribution in [2.24, 2.45) is 5.41 Å². The van der Waals surface area contributed by atoms with Crippen LogP contribution in [0.2, 0.25) is 0 Å². The van der Waals surface area contributed by atoms with Crippen LogP contribution >= 0.6 is 11.8 Å². The minimum absolute atomic E-state index is 0.203. The van der Waals surface area contributed by atoms with Crippen LogP contribution in [0.3, 0.4) is 0 Å². The van der Waals surface area contributed by atoms with Crippen molar-refractivity contribution in [2.75, 3.05) is 25.2 Å². The fourth-order valence-electron chi connectivity index (χ4n) is 1.10. The Morgan fingerprint density at radius 3 is 2.70 bits per heavy atom. The van der Waals surface area contributed by atoms with Gasteiger partial charge in [-0.3, -0.25) is 0 Å². The standard InChI is InChI=1S/C7H11NOS/c1-10-6-7(2-3-8)4-9-5-7/h2,4-6H2,1H3. The second-order valence-corrected chi connectivity index (χ2v) is 3.63. The van der Waals surface area contributed by atoms with Crippen molar-refractivity contribution in [1.82, 2.24) is 0 Å². The van der Waals surface area contributed by atoms with Crippen molar-refractivity contribution >= 4 is 11.8 Å². The largest absolute Gasteiger partial charge is 0.380 e. The maximum Gasteiger partial charge on any atom is 0.0629 e. The molecule has 0 spiro atoms. The molecule has 1 aliphatic rings. The maximum absolute atomic E-state index is 8.48. The smallest absolute Gasteiger partial charge is 0.0629 e. The number of nitriles is 1. The first-order valence-corrected chi connectivity index (χ1v) is 4.66. The molecule has 0 N–H and O–H groups in total. The van der Waals surface area contributed by atoms with Gasteiger partial charge in [-0.15, -0.1) is 0 Å². The van der Waals surface area contributed by atoms with E-state index >= 15 is 0 Å². The van der Waals surface area contributed by atoms with Crippen molar-refractivity contribution in [3.8, 4) is 6.07 Å². The number of hydrogen-bond donors (Lipinski definition) is 0. The lowest BCUT2D eigenvalue weighted by atomic mass is 9.85. The normalized spacial score (nSPS) is 21.2. The van der Waals surface area contributed by atoms with Crippen LogP contribution in [-0.2, 0) is 4.74 Å². The van der Waals surface area contributed by atoms with E-state index in [-0.39, 0.29) is 5.41 Å². The molecular weight excluding hydrogens is 146 g/mol. The molecule has 1 saturated heterocycles. The number of rotatable bonds is 3. The van der Waals surface area contributed by atoms with Crippen LogP contribution < -0.4 is 0 Å². The molecule has 3 heteroatoms. The SMILES string of the molecule is CSCC1(CC#N)COC1. The summed E-state index contributed by atoms with van der Waals surface area (Å²) < 4.78 is 5.08. The molecule has 0 unspecified atom stereocenters. The van der Waals surface area contributed by atoms with Crippen molar-refractivity contribution in [2.45, 2.75) is 6.42 Å². The average Bonchev–Trinajstić information content (AvgIpc) is 1.84. The summed E-state index contributed by atoms with van der Waals surface area (Å²) in [7, 11) is 0. The predicted molar refractivity (Wildman–Crippen MR) is 41.9 cm³/mol. The zero-order valence-corrected chi connectivity index (χ0v) is 6.91. The first-order chi connectivity index (χ1) is 4.83. The lowest BCUT2D eigenvalue weighted by Gasteiger charge is -2.39. The molecule has 1 heterocycles. The van der Waals surface area contributed by atoms with Gasteiger partial charge in [-0.2, -0.15) is 17.0 Å². The van der Waals surface area contributed by atoms with Gasteiger partial charge >= 0.3 is 0 Å². The number of nitrogens with zero attached hydrogens (tertiary/aromatic N) is 1. The Morgan fingerprint density at radius 1 is 1.70 bits per heavy atom. The summed E-state index contributed by atoms with van der Waals surface area (Å²) in [4.78, 5) is 0. The Balaban J connectivity index is 2.36. The van der Waals surface area contributed by atoms with Crippen molar-refractivity contribution in [3.63, 3.8) is 0 Å². The third-order valence-corrected chi connectivity index (χ3v) is 2.62. The molecule has 2 nitrogen and oxygen atoms in total. The van der Waals surface area contributed by atoms with Crippen LogP contribution in [0.25, 0.3) is 0 Å². The lowest BCUT2D eigenvalue weighted by molar-refractivity contribution is -0.0946. The molecule has 0 amide bonds. The lowest BCUT2D eigenvalue weighted by Crippen LogP contribution is -2.44. The summed E-state index contributed by atoms with van der Waals surface area (Å²) in [5, 5.41) is 8.48. The van der Waals surface area contributed by atoms with Gasteiger partial charge in [0.25, 0.3) is 0 Å². The van der Waals surface area contributed by atoms with Gasteiger partial charge in [0.2, 0.25) is 0 Å². The first-order valence-electron chi connectivity index (χ1n) is 3.27. The molecule has 0 aromatic heterocycles. The Kier molecular flexibility index (Phi) is 2.58. The molecule has 56 valence electrons. The van der Waals surface area contributed by atoms with E-state index in [1.54, 1.807) is 11.8 Å².